The van der Waals surface area contributed by atoms with Crippen LogP contribution < -0.4 is 14.5 Å². The highest BCUT2D eigenvalue weighted by molar-refractivity contribution is 6.43. The number of hydrogen-bond donors (Lipinski definition) is 0. The minimum absolute atomic E-state index is 0.0417. The first kappa shape index (κ1) is 35.2. The van der Waals surface area contributed by atoms with Gasteiger partial charge in [0.15, 0.2) is 6.73 Å². The van der Waals surface area contributed by atoms with Crippen molar-refractivity contribution in [3.05, 3.63) is 52.0 Å². The number of nitrogens with zero attached hydrogens (tertiary/aromatic N) is 4. The van der Waals surface area contributed by atoms with Gasteiger partial charge in [-0.2, -0.15) is 0 Å². The fourth-order valence-corrected chi connectivity index (χ4v) is 6.37. The van der Waals surface area contributed by atoms with Crippen molar-refractivity contribution in [3.63, 3.8) is 0 Å². The fraction of sp³-hybridized carbons (Fsp3) is 0.600. The Balaban J connectivity index is 1.16. The van der Waals surface area contributed by atoms with Crippen molar-refractivity contribution in [2.24, 2.45) is 0 Å². The summed E-state index contributed by atoms with van der Waals surface area (Å²) < 4.78 is 11.7. The Kier molecular flexibility index (Phi) is 14.4. The summed E-state index contributed by atoms with van der Waals surface area (Å²) in [4.78, 5) is 33.4. The second-order valence-corrected chi connectivity index (χ2v) is 12.9. The van der Waals surface area contributed by atoms with Crippen molar-refractivity contribution in [1.29, 1.82) is 0 Å². The van der Waals surface area contributed by atoms with Gasteiger partial charge in [0.1, 0.15) is 5.75 Å². The zero-order valence-corrected chi connectivity index (χ0v) is 28.6. The van der Waals surface area contributed by atoms with E-state index in [1.54, 1.807) is 16.8 Å². The monoisotopic (exact) mass is 660 g/mol. The first-order chi connectivity index (χ1) is 21.9. The minimum Gasteiger partial charge on any atom is -0.494 e. The fourth-order valence-electron chi connectivity index (χ4n) is 5.95. The third-order valence-electron chi connectivity index (χ3n) is 8.76. The predicted octanol–water partition coefficient (Wildman–Crippen LogP) is 8.03. The number of amides is 2. The van der Waals surface area contributed by atoms with E-state index < -0.39 is 6.09 Å². The molecule has 0 bridgehead atoms. The topological polar surface area (TPSA) is 65.6 Å². The average Bonchev–Trinajstić information content (AvgIpc) is 3.05. The van der Waals surface area contributed by atoms with Crippen LogP contribution in [0.2, 0.25) is 10.0 Å². The largest absolute Gasteiger partial charge is 0.494 e. The molecule has 0 N–H and O–H groups in total. The number of rotatable bonds is 17. The Bertz CT molecular complexity index is 1240. The Morgan fingerprint density at radius 1 is 0.889 bits per heavy atom. The molecule has 2 heterocycles. The summed E-state index contributed by atoms with van der Waals surface area (Å²) in [5, 5.41) is 1.22. The molecule has 4 rings (SSSR count). The Labute approximate surface area is 279 Å². The molecule has 10 heteroatoms. The Hall–Kier alpha value is -2.68. The number of ether oxygens (including phenoxy) is 2. The van der Waals surface area contributed by atoms with E-state index in [-0.39, 0.29) is 12.6 Å². The summed E-state index contributed by atoms with van der Waals surface area (Å²) in [6.07, 6.45) is 11.0. The van der Waals surface area contributed by atoms with Gasteiger partial charge in [0.2, 0.25) is 5.91 Å². The van der Waals surface area contributed by atoms with E-state index in [2.05, 4.69) is 16.7 Å². The van der Waals surface area contributed by atoms with Gasteiger partial charge in [-0.05, 0) is 56.0 Å². The van der Waals surface area contributed by atoms with Gasteiger partial charge in [0.25, 0.3) is 0 Å². The van der Waals surface area contributed by atoms with Crippen LogP contribution in [-0.4, -0.2) is 81.5 Å². The number of halogens is 2. The summed E-state index contributed by atoms with van der Waals surface area (Å²) in [7, 11) is 1.76. The van der Waals surface area contributed by atoms with Crippen LogP contribution in [0.1, 0.15) is 76.7 Å². The number of anilines is 2. The van der Waals surface area contributed by atoms with Crippen LogP contribution in [0.15, 0.2) is 36.4 Å². The molecule has 1 saturated heterocycles. The number of hydrogen-bond acceptors (Lipinski definition) is 6. The lowest BCUT2D eigenvalue weighted by Crippen LogP contribution is -2.46. The normalized spacial score (nSPS) is 15.2. The molecule has 0 saturated carbocycles. The quantitative estimate of drug-likeness (QED) is 0.160. The number of fused-ring (bicyclic) bond motifs is 1. The molecule has 2 aliphatic heterocycles. The summed E-state index contributed by atoms with van der Waals surface area (Å²) in [5.74, 6) is 0.683. The van der Waals surface area contributed by atoms with Gasteiger partial charge in [-0.1, -0.05) is 80.8 Å². The maximum Gasteiger partial charge on any atom is 0.411 e. The average molecular weight is 662 g/mol. The summed E-state index contributed by atoms with van der Waals surface area (Å²) >= 11 is 12.6. The van der Waals surface area contributed by atoms with E-state index in [0.717, 1.165) is 81.1 Å². The minimum atomic E-state index is -0.400. The lowest BCUT2D eigenvalue weighted by molar-refractivity contribution is -0.119. The van der Waals surface area contributed by atoms with Gasteiger partial charge in [0.05, 0.1) is 28.0 Å². The smallest absolute Gasteiger partial charge is 0.411 e. The molecule has 8 nitrogen and oxygen atoms in total. The van der Waals surface area contributed by atoms with Crippen LogP contribution in [0.3, 0.4) is 0 Å². The number of carbonyl (C=O) groups excluding carboxylic acids is 2. The summed E-state index contributed by atoms with van der Waals surface area (Å²) in [6, 6.07) is 11.7. The van der Waals surface area contributed by atoms with Gasteiger partial charge in [-0.3, -0.25) is 14.6 Å². The van der Waals surface area contributed by atoms with E-state index in [1.807, 2.05) is 36.4 Å². The molecule has 2 aromatic rings. The van der Waals surface area contributed by atoms with Gasteiger partial charge in [-0.15, -0.1) is 0 Å². The number of carbonyl (C=O) groups is 2. The van der Waals surface area contributed by atoms with Crippen LogP contribution in [0, 0.1) is 0 Å². The lowest BCUT2D eigenvalue weighted by Gasteiger charge is -2.36. The SMILES string of the molecule is CCCCCCCCCN(C)C(=O)OCN1C(=O)CCc2ccc(OCCCCN3CCN(c4cccc(Cl)c4Cl)CC3)cc21. The van der Waals surface area contributed by atoms with Crippen molar-refractivity contribution in [3.8, 4) is 5.75 Å². The molecule has 248 valence electrons. The highest BCUT2D eigenvalue weighted by Gasteiger charge is 2.26. The number of piperazine rings is 1. The third kappa shape index (κ3) is 10.7. The van der Waals surface area contributed by atoms with Gasteiger partial charge in [-0.25, -0.2) is 4.79 Å². The van der Waals surface area contributed by atoms with Crippen LogP contribution in [0.25, 0.3) is 0 Å². The van der Waals surface area contributed by atoms with Crippen molar-refractivity contribution in [2.75, 3.05) is 69.5 Å². The van der Waals surface area contributed by atoms with Crippen LogP contribution in [0.5, 0.6) is 5.75 Å². The zero-order valence-electron chi connectivity index (χ0n) is 27.1. The molecule has 0 spiro atoms. The number of benzene rings is 2. The molecular formula is C35H50Cl2N4O4. The van der Waals surface area contributed by atoms with Crippen LogP contribution in [-0.2, 0) is 16.0 Å². The van der Waals surface area contributed by atoms with Crippen molar-refractivity contribution in [1.82, 2.24) is 9.80 Å². The van der Waals surface area contributed by atoms with E-state index in [9.17, 15) is 9.59 Å². The Morgan fingerprint density at radius 2 is 1.64 bits per heavy atom. The molecule has 0 aromatic heterocycles. The molecule has 2 aliphatic rings. The second-order valence-electron chi connectivity index (χ2n) is 12.2. The molecule has 2 aromatic carbocycles. The van der Waals surface area contributed by atoms with Crippen LogP contribution >= 0.6 is 23.2 Å². The van der Waals surface area contributed by atoms with Crippen LogP contribution in [0.4, 0.5) is 16.2 Å². The molecule has 0 atom stereocenters. The summed E-state index contributed by atoms with van der Waals surface area (Å²) in [5.41, 5.74) is 2.84. The Morgan fingerprint density at radius 3 is 2.42 bits per heavy atom. The summed E-state index contributed by atoms with van der Waals surface area (Å²) in [6.45, 7) is 8.22. The molecule has 0 radical (unpaired) electrons. The second kappa shape index (κ2) is 18.5. The molecule has 45 heavy (non-hydrogen) atoms. The van der Waals surface area contributed by atoms with Gasteiger partial charge < -0.3 is 19.3 Å². The van der Waals surface area contributed by atoms with Crippen molar-refractivity contribution >= 4 is 46.6 Å². The van der Waals surface area contributed by atoms with E-state index >= 15 is 0 Å². The molecule has 2 amide bonds. The van der Waals surface area contributed by atoms with Crippen molar-refractivity contribution in [2.45, 2.75) is 77.6 Å². The maximum atomic E-state index is 12.8. The molecule has 0 aliphatic carbocycles. The highest BCUT2D eigenvalue weighted by Crippen LogP contribution is 2.33. The highest BCUT2D eigenvalue weighted by atomic mass is 35.5. The standard InChI is InChI=1S/C35H50Cl2N4O4/c1-3-4-5-6-7-8-9-19-38(2)35(43)45-27-41-32-26-29(17-15-28(32)16-18-33(41)42)44-25-11-10-20-39-21-23-40(24-22-39)31-14-12-13-30(36)34(31)37/h12-15,17,26H,3-11,16,18-25,27H2,1-2H3. The van der Waals surface area contributed by atoms with E-state index in [4.69, 9.17) is 32.7 Å². The number of aryl methyl sites for hydroxylation is 1. The first-order valence-electron chi connectivity index (χ1n) is 16.7. The lowest BCUT2D eigenvalue weighted by atomic mass is 10.0. The molecule has 1 fully saturated rings. The van der Waals surface area contributed by atoms with E-state index in [1.165, 1.54) is 32.1 Å². The van der Waals surface area contributed by atoms with Gasteiger partial charge >= 0.3 is 6.09 Å². The molecular weight excluding hydrogens is 611 g/mol. The first-order valence-corrected chi connectivity index (χ1v) is 17.5. The van der Waals surface area contributed by atoms with Crippen molar-refractivity contribution < 1.29 is 19.1 Å². The molecule has 0 unspecified atom stereocenters. The number of unbranched alkanes of at least 4 members (excludes halogenated alkanes) is 7. The zero-order chi connectivity index (χ0) is 32.0. The third-order valence-corrected chi connectivity index (χ3v) is 9.57. The van der Waals surface area contributed by atoms with Gasteiger partial charge in [0, 0.05) is 52.3 Å². The van der Waals surface area contributed by atoms with E-state index in [0.29, 0.717) is 36.0 Å². The maximum absolute atomic E-state index is 12.8. The predicted molar refractivity (Wildman–Crippen MR) is 184 cm³/mol.